The molecule has 1 nitrogen and oxygen atoms in total. The predicted molar refractivity (Wildman–Crippen MR) is 95.0 cm³/mol. The van der Waals surface area contributed by atoms with Crippen molar-refractivity contribution < 1.29 is 4.74 Å². The molecular formula is C21H18O. The molecule has 1 heteroatoms. The molecule has 0 radical (unpaired) electrons. The van der Waals surface area contributed by atoms with Crippen molar-refractivity contribution in [2.24, 2.45) is 0 Å². The zero-order valence-electron chi connectivity index (χ0n) is 13.1. The molecule has 0 amide bonds. The van der Waals surface area contributed by atoms with Crippen LogP contribution in [0.15, 0.2) is 54.6 Å². The molecule has 22 heavy (non-hydrogen) atoms. The van der Waals surface area contributed by atoms with E-state index in [0.717, 1.165) is 5.75 Å². The van der Waals surface area contributed by atoms with Crippen molar-refractivity contribution in [1.82, 2.24) is 0 Å². The third kappa shape index (κ3) is 1.79. The highest BCUT2D eigenvalue weighted by atomic mass is 16.5. The van der Waals surface area contributed by atoms with Gasteiger partial charge < -0.3 is 4.74 Å². The summed E-state index contributed by atoms with van der Waals surface area (Å²) in [5, 5.41) is 7.82. The summed E-state index contributed by atoms with van der Waals surface area (Å²) in [6.07, 6.45) is 0. The lowest BCUT2D eigenvalue weighted by molar-refractivity contribution is 0.415. The maximum atomic E-state index is 5.45. The van der Waals surface area contributed by atoms with Crippen LogP contribution in [0.4, 0.5) is 0 Å². The Kier molecular flexibility index (Phi) is 2.83. The van der Waals surface area contributed by atoms with Gasteiger partial charge in [-0.3, -0.25) is 0 Å². The number of hydrogen-bond acceptors (Lipinski definition) is 1. The first-order chi connectivity index (χ1) is 10.7. The highest BCUT2D eigenvalue weighted by Crippen LogP contribution is 2.37. The van der Waals surface area contributed by atoms with Gasteiger partial charge in [-0.05, 0) is 69.4 Å². The first kappa shape index (κ1) is 13.1. The van der Waals surface area contributed by atoms with Gasteiger partial charge in [0.2, 0.25) is 0 Å². The van der Waals surface area contributed by atoms with Crippen LogP contribution in [-0.2, 0) is 0 Å². The highest BCUT2D eigenvalue weighted by molar-refractivity contribution is 6.21. The molecule has 0 saturated heterocycles. The molecule has 0 aliphatic heterocycles. The molecule has 0 bridgehead atoms. The second kappa shape index (κ2) is 4.74. The fourth-order valence-electron chi connectivity index (χ4n) is 3.51. The van der Waals surface area contributed by atoms with E-state index in [1.165, 1.54) is 43.4 Å². The Labute approximate surface area is 130 Å². The standard InChI is InChI=1S/C21H18O/c1-13-10-15-11-14(2)18-9-8-16(22-3)12-20(18)21(15)19-7-5-4-6-17(13)19/h4-12H,1-3H3. The third-order valence-electron chi connectivity index (χ3n) is 4.57. The van der Waals surface area contributed by atoms with Crippen LogP contribution in [0, 0.1) is 13.8 Å². The van der Waals surface area contributed by atoms with Crippen molar-refractivity contribution >= 4 is 32.3 Å². The van der Waals surface area contributed by atoms with E-state index >= 15 is 0 Å². The number of hydrogen-bond donors (Lipinski definition) is 0. The summed E-state index contributed by atoms with van der Waals surface area (Å²) in [6, 6.07) is 19.6. The van der Waals surface area contributed by atoms with Crippen LogP contribution < -0.4 is 4.74 Å². The molecule has 0 fully saturated rings. The molecule has 0 unspecified atom stereocenters. The molecule has 0 saturated carbocycles. The van der Waals surface area contributed by atoms with Crippen LogP contribution >= 0.6 is 0 Å². The summed E-state index contributed by atoms with van der Waals surface area (Å²) in [7, 11) is 1.72. The zero-order valence-corrected chi connectivity index (χ0v) is 13.1. The van der Waals surface area contributed by atoms with E-state index in [1.807, 2.05) is 6.07 Å². The Morgan fingerprint density at radius 2 is 1.32 bits per heavy atom. The second-order valence-electron chi connectivity index (χ2n) is 5.94. The van der Waals surface area contributed by atoms with Crippen LogP contribution in [0.1, 0.15) is 11.1 Å². The first-order valence-electron chi connectivity index (χ1n) is 7.58. The normalized spacial score (nSPS) is 11.4. The number of fused-ring (bicyclic) bond motifs is 5. The average molecular weight is 286 g/mol. The number of benzene rings is 4. The van der Waals surface area contributed by atoms with Crippen molar-refractivity contribution in [1.29, 1.82) is 0 Å². The van der Waals surface area contributed by atoms with Crippen molar-refractivity contribution in [2.75, 3.05) is 7.11 Å². The van der Waals surface area contributed by atoms with Crippen LogP contribution in [0.2, 0.25) is 0 Å². The molecule has 4 aromatic carbocycles. The monoisotopic (exact) mass is 286 g/mol. The van der Waals surface area contributed by atoms with Gasteiger partial charge in [0.1, 0.15) is 5.75 Å². The molecule has 0 aliphatic rings. The fraction of sp³-hybridized carbons (Fsp3) is 0.143. The predicted octanol–water partition coefficient (Wildman–Crippen LogP) is 5.77. The van der Waals surface area contributed by atoms with E-state index in [9.17, 15) is 0 Å². The van der Waals surface area contributed by atoms with E-state index < -0.39 is 0 Å². The number of methoxy groups -OCH3 is 1. The van der Waals surface area contributed by atoms with Gasteiger partial charge in [-0.15, -0.1) is 0 Å². The van der Waals surface area contributed by atoms with Crippen molar-refractivity contribution in [3.8, 4) is 5.75 Å². The van der Waals surface area contributed by atoms with E-state index in [1.54, 1.807) is 7.11 Å². The average Bonchev–Trinajstić information content (AvgIpc) is 2.54. The molecular weight excluding hydrogens is 268 g/mol. The van der Waals surface area contributed by atoms with Crippen LogP contribution in [0.5, 0.6) is 5.75 Å². The maximum Gasteiger partial charge on any atom is 0.119 e. The molecule has 0 spiro atoms. The van der Waals surface area contributed by atoms with Gasteiger partial charge in [0.15, 0.2) is 0 Å². The van der Waals surface area contributed by atoms with Gasteiger partial charge in [0.25, 0.3) is 0 Å². The topological polar surface area (TPSA) is 9.23 Å². The van der Waals surface area contributed by atoms with Crippen molar-refractivity contribution in [2.45, 2.75) is 13.8 Å². The van der Waals surface area contributed by atoms with Gasteiger partial charge in [-0.1, -0.05) is 42.5 Å². The minimum absolute atomic E-state index is 0.907. The molecule has 108 valence electrons. The minimum atomic E-state index is 0.907. The molecule has 0 aromatic heterocycles. The van der Waals surface area contributed by atoms with Crippen LogP contribution in [0.25, 0.3) is 32.3 Å². The Morgan fingerprint density at radius 3 is 2.00 bits per heavy atom. The zero-order chi connectivity index (χ0) is 15.3. The lowest BCUT2D eigenvalue weighted by atomic mass is 9.92. The van der Waals surface area contributed by atoms with Crippen molar-refractivity contribution in [3.05, 3.63) is 65.7 Å². The summed E-state index contributed by atoms with van der Waals surface area (Å²) in [6.45, 7) is 4.37. The number of aryl methyl sites for hydroxylation is 2. The van der Waals surface area contributed by atoms with Gasteiger partial charge in [0, 0.05) is 0 Å². The smallest absolute Gasteiger partial charge is 0.119 e. The van der Waals surface area contributed by atoms with E-state index in [-0.39, 0.29) is 0 Å². The lowest BCUT2D eigenvalue weighted by Gasteiger charge is -2.13. The Balaban J connectivity index is 2.33. The van der Waals surface area contributed by atoms with E-state index in [0.29, 0.717) is 0 Å². The summed E-state index contributed by atoms with van der Waals surface area (Å²) in [5.41, 5.74) is 2.63. The molecule has 0 atom stereocenters. The molecule has 4 rings (SSSR count). The first-order valence-corrected chi connectivity index (χ1v) is 7.58. The van der Waals surface area contributed by atoms with Gasteiger partial charge in [-0.25, -0.2) is 0 Å². The Bertz CT molecular complexity index is 1020. The molecule has 0 N–H and O–H groups in total. The van der Waals surface area contributed by atoms with Gasteiger partial charge in [0.05, 0.1) is 7.11 Å². The van der Waals surface area contributed by atoms with Crippen molar-refractivity contribution in [3.63, 3.8) is 0 Å². The summed E-state index contributed by atoms with van der Waals surface area (Å²) < 4.78 is 5.45. The largest absolute Gasteiger partial charge is 0.497 e. The maximum absolute atomic E-state index is 5.45. The van der Waals surface area contributed by atoms with Gasteiger partial charge in [-0.2, -0.15) is 0 Å². The third-order valence-corrected chi connectivity index (χ3v) is 4.57. The minimum Gasteiger partial charge on any atom is -0.497 e. The van der Waals surface area contributed by atoms with Crippen LogP contribution in [0.3, 0.4) is 0 Å². The summed E-state index contributed by atoms with van der Waals surface area (Å²) in [4.78, 5) is 0. The second-order valence-corrected chi connectivity index (χ2v) is 5.94. The number of rotatable bonds is 1. The Hall–Kier alpha value is -2.54. The quantitative estimate of drug-likeness (QED) is 0.403. The summed E-state index contributed by atoms with van der Waals surface area (Å²) in [5.74, 6) is 0.907. The molecule has 4 aromatic rings. The van der Waals surface area contributed by atoms with Crippen LogP contribution in [-0.4, -0.2) is 7.11 Å². The van der Waals surface area contributed by atoms with Gasteiger partial charge >= 0.3 is 0 Å². The molecule has 0 heterocycles. The number of ether oxygens (including phenoxy) is 1. The fourth-order valence-corrected chi connectivity index (χ4v) is 3.51. The van der Waals surface area contributed by atoms with E-state index in [2.05, 4.69) is 62.4 Å². The highest BCUT2D eigenvalue weighted by Gasteiger charge is 2.10. The Morgan fingerprint density at radius 1 is 0.682 bits per heavy atom. The SMILES string of the molecule is COc1ccc2c(C)cc3cc(C)c4ccccc4c3c2c1. The van der Waals surface area contributed by atoms with E-state index in [4.69, 9.17) is 4.74 Å². The molecule has 0 aliphatic carbocycles. The summed E-state index contributed by atoms with van der Waals surface area (Å²) >= 11 is 0. The lowest BCUT2D eigenvalue weighted by Crippen LogP contribution is -1.88.